The first-order valence-corrected chi connectivity index (χ1v) is 10.6. The van der Waals surface area contributed by atoms with Gasteiger partial charge in [-0.15, -0.1) is 13.2 Å². The van der Waals surface area contributed by atoms with Gasteiger partial charge in [0.1, 0.15) is 22.9 Å². The molecule has 9 heteroatoms. The van der Waals surface area contributed by atoms with Gasteiger partial charge in [-0.3, -0.25) is 4.79 Å². The van der Waals surface area contributed by atoms with Gasteiger partial charge in [0.25, 0.3) is 5.91 Å². The number of benzene rings is 2. The van der Waals surface area contributed by atoms with Crippen LogP contribution in [0.2, 0.25) is 0 Å². The minimum atomic E-state index is -4.88. The van der Waals surface area contributed by atoms with Gasteiger partial charge in [0.2, 0.25) is 0 Å². The van der Waals surface area contributed by atoms with E-state index in [1.165, 1.54) is 29.9 Å². The lowest BCUT2D eigenvalue weighted by Gasteiger charge is -2.36. The van der Waals surface area contributed by atoms with Crippen molar-refractivity contribution >= 4 is 5.91 Å². The fourth-order valence-corrected chi connectivity index (χ4v) is 4.52. The minimum absolute atomic E-state index is 0.0110. The molecule has 2 heterocycles. The summed E-state index contributed by atoms with van der Waals surface area (Å²) in [7, 11) is 0. The largest absolute Gasteiger partial charge is 0.573 e. The number of carbonyl (C=O) groups is 1. The Labute approximate surface area is 182 Å². The summed E-state index contributed by atoms with van der Waals surface area (Å²) in [4.78, 5) is 16.7. The fourth-order valence-electron chi connectivity index (χ4n) is 4.52. The Morgan fingerprint density at radius 1 is 0.906 bits per heavy atom. The number of hydrogen-bond acceptors (Lipinski definition) is 3. The average molecular weight is 454 g/mol. The van der Waals surface area contributed by atoms with Crippen molar-refractivity contribution < 1.29 is 31.5 Å². The Hall–Kier alpha value is -2.68. The quantitative estimate of drug-likeness (QED) is 0.593. The number of nitrogens with zero attached hydrogens (tertiary/aromatic N) is 2. The van der Waals surface area contributed by atoms with E-state index in [-0.39, 0.29) is 11.1 Å². The summed E-state index contributed by atoms with van der Waals surface area (Å²) in [5, 5.41) is 0. The Morgan fingerprint density at radius 2 is 1.53 bits per heavy atom. The van der Waals surface area contributed by atoms with Crippen molar-refractivity contribution in [3.63, 3.8) is 0 Å². The number of alkyl halides is 3. The van der Waals surface area contributed by atoms with E-state index in [0.29, 0.717) is 19.1 Å². The molecule has 0 bridgehead atoms. The maximum absolute atomic E-state index is 14.8. The highest BCUT2D eigenvalue weighted by Gasteiger charge is 2.32. The van der Waals surface area contributed by atoms with E-state index in [1.54, 1.807) is 0 Å². The van der Waals surface area contributed by atoms with Gasteiger partial charge in [-0.25, -0.2) is 8.78 Å². The number of piperidine rings is 1. The number of ether oxygens (including phenoxy) is 1. The average Bonchev–Trinajstić information content (AvgIpc) is 3.27. The standard InChI is InChI=1S/C23H23F5N2O2/c24-19-13-16(15-4-3-5-18(12-15)32-23(26,27)28)14-20(25)21(19)22(31)30-10-6-17(7-11-30)29-8-1-2-9-29/h3-5,12-14,17H,1-2,6-11H2. The molecular weight excluding hydrogens is 431 g/mol. The lowest BCUT2D eigenvalue weighted by atomic mass is 10.00. The Kier molecular flexibility index (Phi) is 6.37. The van der Waals surface area contributed by atoms with E-state index in [0.717, 1.165) is 50.2 Å². The van der Waals surface area contributed by atoms with Crippen molar-refractivity contribution in [3.8, 4) is 16.9 Å². The zero-order valence-electron chi connectivity index (χ0n) is 17.3. The summed E-state index contributed by atoms with van der Waals surface area (Å²) < 4.78 is 70.8. The van der Waals surface area contributed by atoms with E-state index >= 15 is 0 Å². The van der Waals surface area contributed by atoms with Crippen LogP contribution in [-0.4, -0.2) is 54.3 Å². The van der Waals surface area contributed by atoms with Gasteiger partial charge in [-0.05, 0) is 74.2 Å². The third kappa shape index (κ3) is 5.03. The van der Waals surface area contributed by atoms with E-state index in [2.05, 4.69) is 9.64 Å². The lowest BCUT2D eigenvalue weighted by Crippen LogP contribution is -2.46. The summed E-state index contributed by atoms with van der Waals surface area (Å²) in [5.74, 6) is -3.31. The normalized spacial score (nSPS) is 18.2. The Balaban J connectivity index is 1.49. The van der Waals surface area contributed by atoms with Crippen LogP contribution in [0.15, 0.2) is 36.4 Å². The van der Waals surface area contributed by atoms with Gasteiger partial charge in [-0.2, -0.15) is 0 Å². The van der Waals surface area contributed by atoms with Crippen molar-refractivity contribution in [3.05, 3.63) is 53.6 Å². The van der Waals surface area contributed by atoms with Crippen molar-refractivity contribution in [2.45, 2.75) is 38.1 Å². The minimum Gasteiger partial charge on any atom is -0.406 e. The maximum atomic E-state index is 14.8. The van der Waals surface area contributed by atoms with E-state index in [9.17, 15) is 26.7 Å². The molecule has 0 spiro atoms. The molecule has 0 aromatic heterocycles. The molecule has 2 aromatic rings. The second-order valence-corrected chi connectivity index (χ2v) is 8.16. The maximum Gasteiger partial charge on any atom is 0.573 e. The lowest BCUT2D eigenvalue weighted by molar-refractivity contribution is -0.274. The highest BCUT2D eigenvalue weighted by Crippen LogP contribution is 2.31. The highest BCUT2D eigenvalue weighted by molar-refractivity contribution is 5.95. The zero-order valence-corrected chi connectivity index (χ0v) is 17.3. The molecule has 0 unspecified atom stereocenters. The van der Waals surface area contributed by atoms with Crippen molar-refractivity contribution in [1.29, 1.82) is 0 Å². The second-order valence-electron chi connectivity index (χ2n) is 8.16. The molecule has 1 amide bonds. The molecule has 0 atom stereocenters. The molecular formula is C23H23F5N2O2. The summed E-state index contributed by atoms with van der Waals surface area (Å²) in [6, 6.07) is 7.13. The van der Waals surface area contributed by atoms with Gasteiger partial charge in [0.05, 0.1) is 0 Å². The molecule has 2 fully saturated rings. The van der Waals surface area contributed by atoms with E-state index in [4.69, 9.17) is 0 Å². The van der Waals surface area contributed by atoms with Crippen LogP contribution >= 0.6 is 0 Å². The second kappa shape index (κ2) is 9.05. The SMILES string of the molecule is O=C(c1c(F)cc(-c2cccc(OC(F)(F)F)c2)cc1F)N1CCC(N2CCCC2)CC1. The number of hydrogen-bond donors (Lipinski definition) is 0. The third-order valence-corrected chi connectivity index (χ3v) is 6.07. The number of carbonyl (C=O) groups excluding carboxylic acids is 1. The molecule has 2 aromatic carbocycles. The van der Waals surface area contributed by atoms with E-state index in [1.807, 2.05) is 0 Å². The molecule has 32 heavy (non-hydrogen) atoms. The summed E-state index contributed by atoms with van der Waals surface area (Å²) >= 11 is 0. The summed E-state index contributed by atoms with van der Waals surface area (Å²) in [6.45, 7) is 2.96. The number of amides is 1. The smallest absolute Gasteiger partial charge is 0.406 e. The molecule has 2 aliphatic rings. The Morgan fingerprint density at radius 3 is 2.12 bits per heavy atom. The van der Waals surface area contributed by atoms with Gasteiger partial charge in [-0.1, -0.05) is 12.1 Å². The first-order valence-electron chi connectivity index (χ1n) is 10.6. The van der Waals surface area contributed by atoms with Crippen molar-refractivity contribution in [1.82, 2.24) is 9.80 Å². The molecule has 0 aliphatic carbocycles. The van der Waals surface area contributed by atoms with Gasteiger partial charge in [0, 0.05) is 19.1 Å². The molecule has 2 saturated heterocycles. The summed E-state index contributed by atoms with van der Waals surface area (Å²) in [6.07, 6.45) is -1.01. The molecule has 2 aliphatic heterocycles. The van der Waals surface area contributed by atoms with Gasteiger partial charge in [0.15, 0.2) is 0 Å². The topological polar surface area (TPSA) is 32.8 Å². The van der Waals surface area contributed by atoms with Crippen LogP contribution in [0.25, 0.3) is 11.1 Å². The van der Waals surface area contributed by atoms with Crippen LogP contribution in [0.1, 0.15) is 36.0 Å². The van der Waals surface area contributed by atoms with Crippen LogP contribution < -0.4 is 4.74 Å². The number of rotatable bonds is 4. The highest BCUT2D eigenvalue weighted by atomic mass is 19.4. The number of halogens is 5. The van der Waals surface area contributed by atoms with Crippen molar-refractivity contribution in [2.24, 2.45) is 0 Å². The monoisotopic (exact) mass is 454 g/mol. The Bertz CT molecular complexity index is 958. The molecule has 0 saturated carbocycles. The molecule has 0 N–H and O–H groups in total. The predicted octanol–water partition coefficient (Wildman–Crippen LogP) is 5.23. The van der Waals surface area contributed by atoms with E-state index < -0.39 is 35.2 Å². The third-order valence-electron chi connectivity index (χ3n) is 6.07. The zero-order chi connectivity index (χ0) is 22.9. The van der Waals surface area contributed by atoms with Crippen LogP contribution in [0.3, 0.4) is 0 Å². The first kappa shape index (κ1) is 22.5. The van der Waals surface area contributed by atoms with Crippen LogP contribution in [0, 0.1) is 11.6 Å². The first-order chi connectivity index (χ1) is 15.2. The van der Waals surface area contributed by atoms with Crippen LogP contribution in [-0.2, 0) is 0 Å². The summed E-state index contributed by atoms with van der Waals surface area (Å²) in [5.41, 5.74) is -0.497. The predicted molar refractivity (Wildman–Crippen MR) is 108 cm³/mol. The molecule has 172 valence electrons. The fraction of sp³-hybridized carbons (Fsp3) is 0.435. The molecule has 0 radical (unpaired) electrons. The van der Waals surface area contributed by atoms with Crippen LogP contribution in [0.4, 0.5) is 22.0 Å². The van der Waals surface area contributed by atoms with Crippen molar-refractivity contribution in [2.75, 3.05) is 26.2 Å². The molecule has 4 rings (SSSR count). The van der Waals surface area contributed by atoms with Gasteiger partial charge >= 0.3 is 6.36 Å². The van der Waals surface area contributed by atoms with Crippen LogP contribution in [0.5, 0.6) is 5.75 Å². The number of likely N-dealkylation sites (tertiary alicyclic amines) is 2. The van der Waals surface area contributed by atoms with Gasteiger partial charge < -0.3 is 14.5 Å². The molecule has 4 nitrogen and oxygen atoms in total.